The average Bonchev–Trinajstić information content (AvgIpc) is 3.41. The monoisotopic (exact) mass is 460 g/mol. The Morgan fingerprint density at radius 3 is 2.38 bits per heavy atom. The van der Waals surface area contributed by atoms with Crippen molar-refractivity contribution < 1.29 is 9.59 Å². The van der Waals surface area contributed by atoms with Crippen LogP contribution in [0.3, 0.4) is 0 Å². The predicted molar refractivity (Wildman–Crippen MR) is 134 cm³/mol. The van der Waals surface area contributed by atoms with Gasteiger partial charge >= 0.3 is 0 Å². The van der Waals surface area contributed by atoms with Crippen molar-refractivity contribution in [2.24, 2.45) is 11.1 Å². The van der Waals surface area contributed by atoms with Crippen molar-refractivity contribution in [3.05, 3.63) is 41.0 Å². The van der Waals surface area contributed by atoms with E-state index in [0.29, 0.717) is 19.0 Å². The van der Waals surface area contributed by atoms with E-state index in [0.717, 1.165) is 30.6 Å². The lowest BCUT2D eigenvalue weighted by atomic mass is 9.86. The molecule has 2 unspecified atom stereocenters. The third kappa shape index (κ3) is 8.02. The minimum Gasteiger partial charge on any atom is -0.355 e. The summed E-state index contributed by atoms with van der Waals surface area (Å²) in [7, 11) is 0. The molecule has 1 saturated heterocycles. The zero-order valence-corrected chi connectivity index (χ0v) is 21.5. The second kappa shape index (κ2) is 13.3. The first-order chi connectivity index (χ1) is 15.1. The van der Waals surface area contributed by atoms with Crippen LogP contribution in [0.15, 0.2) is 29.8 Å². The second-order valence-electron chi connectivity index (χ2n) is 8.83. The first kappa shape index (κ1) is 27.8. The molecule has 1 aromatic heterocycles. The van der Waals surface area contributed by atoms with E-state index in [-0.39, 0.29) is 17.4 Å². The first-order valence-corrected chi connectivity index (χ1v) is 12.3. The smallest absolute Gasteiger partial charge is 0.240 e. The fourth-order valence-electron chi connectivity index (χ4n) is 3.32. The molecule has 2 amide bonds. The number of benzene rings is 1. The maximum absolute atomic E-state index is 12.0. The lowest BCUT2D eigenvalue weighted by molar-refractivity contribution is -0.135. The number of aromatic nitrogens is 1. The van der Waals surface area contributed by atoms with Crippen LogP contribution in [0.1, 0.15) is 65.6 Å². The summed E-state index contributed by atoms with van der Waals surface area (Å²) < 4.78 is 0. The molecule has 1 aliphatic rings. The molecule has 2 aromatic rings. The van der Waals surface area contributed by atoms with Gasteiger partial charge in [-0.3, -0.25) is 9.59 Å². The van der Waals surface area contributed by atoms with Crippen molar-refractivity contribution in [2.45, 2.75) is 79.9 Å². The summed E-state index contributed by atoms with van der Waals surface area (Å²) >= 11 is 1.64. The molecule has 0 bridgehead atoms. The summed E-state index contributed by atoms with van der Waals surface area (Å²) in [6.45, 7) is 15.6. The molecule has 178 valence electrons. The summed E-state index contributed by atoms with van der Waals surface area (Å²) in [6.07, 6.45) is 2.94. The van der Waals surface area contributed by atoms with Gasteiger partial charge in [0.15, 0.2) is 0 Å². The summed E-state index contributed by atoms with van der Waals surface area (Å²) in [4.78, 5) is 29.5. The van der Waals surface area contributed by atoms with E-state index in [9.17, 15) is 9.59 Å². The largest absolute Gasteiger partial charge is 0.355 e. The Labute approximate surface area is 197 Å². The molecule has 6 nitrogen and oxygen atoms in total. The highest BCUT2D eigenvalue weighted by atomic mass is 32.1. The van der Waals surface area contributed by atoms with Gasteiger partial charge in [-0.2, -0.15) is 0 Å². The number of carbonyl (C=O) groups excluding carboxylic acids is 2. The highest BCUT2D eigenvalue weighted by Gasteiger charge is 2.34. The van der Waals surface area contributed by atoms with Gasteiger partial charge < -0.3 is 16.0 Å². The van der Waals surface area contributed by atoms with Crippen molar-refractivity contribution >= 4 is 23.7 Å². The van der Waals surface area contributed by atoms with E-state index < -0.39 is 0 Å². The second-order valence-corrected chi connectivity index (χ2v) is 9.68. The third-order valence-electron chi connectivity index (χ3n) is 5.39. The SMILES string of the molecule is CC.CC1CCCN1C(=O)C(N)C(C)(C)C.Cc1ncsc1-c1ccc(CNC=O)cc1. The van der Waals surface area contributed by atoms with Crippen molar-refractivity contribution in [3.8, 4) is 10.4 Å². The van der Waals surface area contributed by atoms with Gasteiger partial charge in [0, 0.05) is 19.1 Å². The van der Waals surface area contributed by atoms with E-state index >= 15 is 0 Å². The van der Waals surface area contributed by atoms with Gasteiger partial charge in [0.05, 0.1) is 22.1 Å². The number of rotatable bonds is 5. The Morgan fingerprint density at radius 2 is 1.94 bits per heavy atom. The number of nitrogens with one attached hydrogen (secondary N) is 1. The average molecular weight is 461 g/mol. The highest BCUT2D eigenvalue weighted by Crippen LogP contribution is 2.27. The molecule has 0 spiro atoms. The number of nitrogens with two attached hydrogens (primary N) is 1. The molecule has 1 aromatic carbocycles. The van der Waals surface area contributed by atoms with Crippen LogP contribution >= 0.6 is 11.3 Å². The summed E-state index contributed by atoms with van der Waals surface area (Å²) in [6, 6.07) is 8.15. The number of hydrogen-bond donors (Lipinski definition) is 2. The van der Waals surface area contributed by atoms with Crippen LogP contribution in [0.2, 0.25) is 0 Å². The number of likely N-dealkylation sites (tertiary alicyclic amines) is 1. The Kier molecular flexibility index (Phi) is 11.6. The standard InChI is InChI=1S/C12H12N2OS.C11H22N2O.C2H6/c1-9-12(16-8-14-9)11-4-2-10(3-5-11)6-13-7-15;1-8-6-5-7-13(8)10(14)9(12)11(2,3)4;1-2/h2-5,7-8H,6H2,1H3,(H,13,15);8-9H,5-7,12H2,1-4H3;1-2H3. The maximum atomic E-state index is 12.0. The van der Waals surface area contributed by atoms with Gasteiger partial charge in [-0.1, -0.05) is 58.9 Å². The zero-order valence-electron chi connectivity index (χ0n) is 20.6. The molecule has 3 rings (SSSR count). The molecule has 32 heavy (non-hydrogen) atoms. The van der Waals surface area contributed by atoms with Crippen LogP contribution in [0, 0.1) is 12.3 Å². The predicted octanol–water partition coefficient (Wildman–Crippen LogP) is 4.76. The third-order valence-corrected chi connectivity index (χ3v) is 6.36. The highest BCUT2D eigenvalue weighted by molar-refractivity contribution is 7.13. The van der Waals surface area contributed by atoms with Crippen LogP contribution in [-0.4, -0.2) is 40.8 Å². The van der Waals surface area contributed by atoms with Crippen LogP contribution in [-0.2, 0) is 16.1 Å². The van der Waals surface area contributed by atoms with E-state index in [1.807, 2.05) is 64.1 Å². The molecular weight excluding hydrogens is 420 g/mol. The normalized spacial score (nSPS) is 16.2. The zero-order chi connectivity index (χ0) is 24.3. The van der Waals surface area contributed by atoms with Gasteiger partial charge in [-0.25, -0.2) is 4.98 Å². The molecule has 2 atom stereocenters. The molecule has 3 N–H and O–H groups in total. The quantitative estimate of drug-likeness (QED) is 0.630. The van der Waals surface area contributed by atoms with E-state index in [1.165, 1.54) is 10.4 Å². The lowest BCUT2D eigenvalue weighted by Crippen LogP contribution is -2.51. The maximum Gasteiger partial charge on any atom is 0.240 e. The Hall–Kier alpha value is -2.25. The van der Waals surface area contributed by atoms with Gasteiger partial charge in [-0.15, -0.1) is 11.3 Å². The number of carbonyl (C=O) groups is 2. The fourth-order valence-corrected chi connectivity index (χ4v) is 4.13. The molecule has 7 heteroatoms. The number of thiazole rings is 1. The minimum absolute atomic E-state index is 0.113. The Balaban J connectivity index is 0.000000300. The Bertz CT molecular complexity index is 823. The van der Waals surface area contributed by atoms with Gasteiger partial charge in [0.2, 0.25) is 12.3 Å². The van der Waals surface area contributed by atoms with Crippen LogP contribution in [0.5, 0.6) is 0 Å². The topological polar surface area (TPSA) is 88.3 Å². The van der Waals surface area contributed by atoms with Crippen molar-refractivity contribution in [3.63, 3.8) is 0 Å². The first-order valence-electron chi connectivity index (χ1n) is 11.4. The van der Waals surface area contributed by atoms with Crippen LogP contribution in [0.4, 0.5) is 0 Å². The molecule has 1 aliphatic heterocycles. The van der Waals surface area contributed by atoms with Crippen molar-refractivity contribution in [2.75, 3.05) is 6.54 Å². The number of aryl methyl sites for hydroxylation is 1. The van der Waals surface area contributed by atoms with Crippen molar-refractivity contribution in [1.82, 2.24) is 15.2 Å². The summed E-state index contributed by atoms with van der Waals surface area (Å²) in [5, 5.41) is 2.64. The van der Waals surface area contributed by atoms with E-state index in [2.05, 4.69) is 29.4 Å². The number of nitrogens with zero attached hydrogens (tertiary/aromatic N) is 2. The van der Waals surface area contributed by atoms with E-state index in [1.54, 1.807) is 11.3 Å². The molecular formula is C25H40N4O2S. The van der Waals surface area contributed by atoms with Gasteiger partial charge in [0.1, 0.15) is 0 Å². The number of hydrogen-bond acceptors (Lipinski definition) is 5. The van der Waals surface area contributed by atoms with Crippen LogP contribution in [0.25, 0.3) is 10.4 Å². The fraction of sp³-hybridized carbons (Fsp3) is 0.560. The Morgan fingerprint density at radius 1 is 1.31 bits per heavy atom. The minimum atomic E-state index is -0.372. The van der Waals surface area contributed by atoms with Gasteiger partial charge in [-0.05, 0) is 43.2 Å². The van der Waals surface area contributed by atoms with Crippen molar-refractivity contribution in [1.29, 1.82) is 0 Å². The summed E-state index contributed by atoms with van der Waals surface area (Å²) in [5.41, 5.74) is 11.0. The molecule has 0 saturated carbocycles. The molecule has 1 fully saturated rings. The number of amides is 2. The van der Waals surface area contributed by atoms with E-state index in [4.69, 9.17) is 5.73 Å². The van der Waals surface area contributed by atoms with Gasteiger partial charge in [0.25, 0.3) is 0 Å². The molecule has 0 aliphatic carbocycles. The summed E-state index contributed by atoms with van der Waals surface area (Å²) in [5.74, 6) is 0.113. The molecule has 0 radical (unpaired) electrons. The van der Waals surface area contributed by atoms with Crippen LogP contribution < -0.4 is 11.1 Å². The lowest BCUT2D eigenvalue weighted by Gasteiger charge is -2.31. The molecule has 2 heterocycles.